The fourth-order valence-corrected chi connectivity index (χ4v) is 5.52. The van der Waals surface area contributed by atoms with Crippen LogP contribution < -0.4 is 9.64 Å². The number of thiazole rings is 1. The maximum Gasteiger partial charge on any atom is 0.350 e. The van der Waals surface area contributed by atoms with Gasteiger partial charge in [-0.25, -0.2) is 9.78 Å². The molecule has 1 atom stereocenters. The third kappa shape index (κ3) is 5.97. The molecule has 1 fully saturated rings. The number of aliphatic hydroxyl groups is 1. The van der Waals surface area contributed by atoms with Gasteiger partial charge in [0.1, 0.15) is 23.0 Å². The molecule has 0 saturated carbocycles. The van der Waals surface area contributed by atoms with Crippen LogP contribution in [-0.4, -0.2) is 41.0 Å². The minimum atomic E-state index is -0.991. The minimum absolute atomic E-state index is 0.0231. The second-order valence-corrected chi connectivity index (χ2v) is 10.6. The highest BCUT2D eigenvalue weighted by molar-refractivity contribution is 9.10. The summed E-state index contributed by atoms with van der Waals surface area (Å²) in [4.78, 5) is 45.3. The van der Waals surface area contributed by atoms with Crippen LogP contribution in [0.15, 0.2) is 71.2 Å². The average molecular weight is 612 g/mol. The van der Waals surface area contributed by atoms with E-state index < -0.39 is 23.7 Å². The second-order valence-electron chi connectivity index (χ2n) is 8.75. The van der Waals surface area contributed by atoms with Crippen LogP contribution in [0.2, 0.25) is 0 Å². The van der Waals surface area contributed by atoms with Gasteiger partial charge >= 0.3 is 11.9 Å². The maximum atomic E-state index is 13.5. The number of ketones is 1. The average Bonchev–Trinajstić information content (AvgIpc) is 3.43. The molecule has 1 aliphatic heterocycles. The van der Waals surface area contributed by atoms with Gasteiger partial charge in [0, 0.05) is 10.0 Å². The summed E-state index contributed by atoms with van der Waals surface area (Å²) < 4.78 is 11.6. The van der Waals surface area contributed by atoms with Crippen LogP contribution >= 0.6 is 27.3 Å². The number of amides is 1. The van der Waals surface area contributed by atoms with E-state index in [1.165, 1.54) is 11.0 Å². The van der Waals surface area contributed by atoms with Crippen LogP contribution in [0.25, 0.3) is 5.76 Å². The van der Waals surface area contributed by atoms with Gasteiger partial charge in [0.25, 0.3) is 5.78 Å². The molecule has 2 heterocycles. The molecule has 2 aromatic carbocycles. The van der Waals surface area contributed by atoms with E-state index in [1.54, 1.807) is 49.4 Å². The summed E-state index contributed by atoms with van der Waals surface area (Å²) in [7, 11) is 0. The number of carbonyl (C=O) groups excluding carboxylic acids is 3. The Bertz CT molecular complexity index is 1460. The van der Waals surface area contributed by atoms with Crippen LogP contribution in [0.3, 0.4) is 0 Å². The summed E-state index contributed by atoms with van der Waals surface area (Å²) >= 11 is 4.39. The van der Waals surface area contributed by atoms with Gasteiger partial charge in [-0.2, -0.15) is 0 Å². The first-order chi connectivity index (χ1) is 18.8. The summed E-state index contributed by atoms with van der Waals surface area (Å²) in [5, 5.41) is 11.6. The summed E-state index contributed by atoms with van der Waals surface area (Å²) in [6, 6.07) is 12.9. The zero-order valence-corrected chi connectivity index (χ0v) is 23.9. The molecule has 0 spiro atoms. The van der Waals surface area contributed by atoms with E-state index in [0.717, 1.165) is 28.7 Å². The van der Waals surface area contributed by atoms with Gasteiger partial charge in [0.2, 0.25) is 0 Å². The maximum absolute atomic E-state index is 13.5. The van der Waals surface area contributed by atoms with Gasteiger partial charge in [-0.05, 0) is 43.2 Å². The van der Waals surface area contributed by atoms with Gasteiger partial charge in [-0.15, -0.1) is 0 Å². The van der Waals surface area contributed by atoms with Crippen molar-refractivity contribution < 1.29 is 29.0 Å². The first-order valence-electron chi connectivity index (χ1n) is 12.3. The Morgan fingerprint density at radius 1 is 1.23 bits per heavy atom. The number of aliphatic hydroxyl groups excluding tert-OH is 1. The lowest BCUT2D eigenvalue weighted by molar-refractivity contribution is -0.132. The van der Waals surface area contributed by atoms with Crippen molar-refractivity contribution >= 4 is 55.8 Å². The third-order valence-electron chi connectivity index (χ3n) is 5.99. The number of rotatable bonds is 10. The van der Waals surface area contributed by atoms with Crippen LogP contribution in [0, 0.1) is 6.92 Å². The standard InChI is InChI=1S/C29H27BrN2O6S/c1-4-6-14-37-21-12-8-10-19(16-21)24(33)22-23(18-9-7-11-20(30)15-18)32(27(35)25(22)34)29-31-17(3)26(39-29)28(36)38-13-5-2/h5,7-12,15-16,23,33H,2,4,6,13-14H2,1,3H3. The number of halogens is 1. The van der Waals surface area contributed by atoms with Crippen molar-refractivity contribution in [3.8, 4) is 5.75 Å². The Morgan fingerprint density at radius 2 is 2.00 bits per heavy atom. The Balaban J connectivity index is 1.83. The largest absolute Gasteiger partial charge is 0.507 e. The number of aromatic nitrogens is 1. The van der Waals surface area contributed by atoms with Gasteiger partial charge in [-0.3, -0.25) is 14.5 Å². The Hall–Kier alpha value is -3.76. The number of unbranched alkanes of at least 4 members (excludes halogenated alkanes) is 1. The monoisotopic (exact) mass is 610 g/mol. The van der Waals surface area contributed by atoms with Crippen molar-refractivity contribution in [1.29, 1.82) is 0 Å². The zero-order valence-electron chi connectivity index (χ0n) is 21.5. The summed E-state index contributed by atoms with van der Waals surface area (Å²) in [5.41, 5.74) is 1.18. The van der Waals surface area contributed by atoms with Crippen LogP contribution in [-0.2, 0) is 14.3 Å². The fourth-order valence-electron chi connectivity index (χ4n) is 4.12. The van der Waals surface area contributed by atoms with Crippen molar-refractivity contribution in [3.05, 3.63) is 92.9 Å². The zero-order chi connectivity index (χ0) is 28.1. The van der Waals surface area contributed by atoms with Crippen LogP contribution in [0.4, 0.5) is 5.13 Å². The molecule has 10 heteroatoms. The van der Waals surface area contributed by atoms with E-state index in [4.69, 9.17) is 9.47 Å². The van der Waals surface area contributed by atoms with Crippen molar-refractivity contribution in [3.63, 3.8) is 0 Å². The van der Waals surface area contributed by atoms with Gasteiger partial charge < -0.3 is 14.6 Å². The second kappa shape index (κ2) is 12.4. The molecule has 1 aromatic heterocycles. The number of carbonyl (C=O) groups is 3. The molecular formula is C29H27BrN2O6S. The number of hydrogen-bond donors (Lipinski definition) is 1. The number of benzene rings is 2. The SMILES string of the molecule is C=CCOC(=O)c1sc(N2C(=O)C(=O)C(=C(O)c3cccc(OCCCC)c3)C2c2cccc(Br)c2)nc1C. The predicted octanol–water partition coefficient (Wildman–Crippen LogP) is 6.36. The van der Waals surface area contributed by atoms with Gasteiger partial charge in [0.05, 0.1) is 23.9 Å². The van der Waals surface area contributed by atoms with E-state index >= 15 is 0 Å². The number of Topliss-reactive ketones (excluding diaryl/α,β-unsaturated/α-hetero) is 1. The molecule has 8 nitrogen and oxygen atoms in total. The number of esters is 1. The first kappa shape index (κ1) is 28.3. The summed E-state index contributed by atoms with van der Waals surface area (Å²) in [6.07, 6.45) is 3.30. The number of nitrogens with zero attached hydrogens (tertiary/aromatic N) is 2. The highest BCUT2D eigenvalue weighted by Crippen LogP contribution is 2.44. The van der Waals surface area contributed by atoms with Gasteiger partial charge in [0.15, 0.2) is 5.13 Å². The number of hydrogen-bond acceptors (Lipinski definition) is 8. The lowest BCUT2D eigenvalue weighted by Crippen LogP contribution is -2.29. The molecule has 202 valence electrons. The van der Waals surface area contributed by atoms with E-state index in [-0.39, 0.29) is 27.9 Å². The normalized spacial score (nSPS) is 16.4. The van der Waals surface area contributed by atoms with Crippen molar-refractivity contribution in [2.24, 2.45) is 0 Å². The topological polar surface area (TPSA) is 106 Å². The highest BCUT2D eigenvalue weighted by Gasteiger charge is 2.48. The predicted molar refractivity (Wildman–Crippen MR) is 153 cm³/mol. The highest BCUT2D eigenvalue weighted by atomic mass is 79.9. The molecular weight excluding hydrogens is 584 g/mol. The van der Waals surface area contributed by atoms with Crippen LogP contribution in [0.1, 0.15) is 52.3 Å². The van der Waals surface area contributed by atoms with Gasteiger partial charge in [-0.1, -0.05) is 77.5 Å². The van der Waals surface area contributed by atoms with E-state index in [2.05, 4.69) is 34.4 Å². The molecule has 0 radical (unpaired) electrons. The minimum Gasteiger partial charge on any atom is -0.507 e. The van der Waals surface area contributed by atoms with E-state index in [0.29, 0.717) is 29.2 Å². The third-order valence-corrected chi connectivity index (χ3v) is 7.62. The Labute approximate surface area is 238 Å². The molecule has 1 aliphatic rings. The van der Waals surface area contributed by atoms with E-state index in [9.17, 15) is 19.5 Å². The summed E-state index contributed by atoms with van der Waals surface area (Å²) in [5.74, 6) is -2.12. The molecule has 4 rings (SSSR count). The molecule has 0 aliphatic carbocycles. The number of ether oxygens (including phenoxy) is 2. The van der Waals surface area contributed by atoms with Crippen molar-refractivity contribution in [2.75, 3.05) is 18.1 Å². The molecule has 1 unspecified atom stereocenters. The van der Waals surface area contributed by atoms with E-state index in [1.807, 2.05) is 6.07 Å². The molecule has 39 heavy (non-hydrogen) atoms. The lowest BCUT2D eigenvalue weighted by Gasteiger charge is -2.23. The van der Waals surface area contributed by atoms with Crippen LogP contribution in [0.5, 0.6) is 5.75 Å². The molecule has 1 N–H and O–H groups in total. The molecule has 0 bridgehead atoms. The summed E-state index contributed by atoms with van der Waals surface area (Å²) in [6.45, 7) is 7.76. The molecule has 3 aromatic rings. The fraction of sp³-hybridized carbons (Fsp3) is 0.241. The Morgan fingerprint density at radius 3 is 2.72 bits per heavy atom. The van der Waals surface area contributed by atoms with Crippen molar-refractivity contribution in [1.82, 2.24) is 4.98 Å². The first-order valence-corrected chi connectivity index (χ1v) is 13.9. The quantitative estimate of drug-likeness (QED) is 0.0710. The number of anilines is 1. The molecule has 1 amide bonds. The molecule has 1 saturated heterocycles. The Kier molecular flexibility index (Phi) is 8.98. The lowest BCUT2D eigenvalue weighted by atomic mass is 9.95. The number of aryl methyl sites for hydroxylation is 1. The smallest absolute Gasteiger partial charge is 0.350 e. The van der Waals surface area contributed by atoms with Crippen molar-refractivity contribution in [2.45, 2.75) is 32.7 Å².